The number of benzene rings is 1. The minimum Gasteiger partial charge on any atom is -0.495 e. The van der Waals surface area contributed by atoms with E-state index in [9.17, 15) is 0 Å². The molecule has 1 aliphatic rings. The molecule has 0 atom stereocenters. The Morgan fingerprint density at radius 3 is 2.76 bits per heavy atom. The Hall–Kier alpha value is -1.62. The van der Waals surface area contributed by atoms with Crippen molar-refractivity contribution in [2.75, 3.05) is 12.8 Å². The summed E-state index contributed by atoms with van der Waals surface area (Å²) in [5, 5.41) is 6.22. The summed E-state index contributed by atoms with van der Waals surface area (Å²) in [4.78, 5) is 0. The third kappa shape index (κ3) is 1.58. The average molecular weight is 247 g/mol. The van der Waals surface area contributed by atoms with E-state index in [0.29, 0.717) is 5.69 Å². The van der Waals surface area contributed by atoms with E-state index in [1.807, 2.05) is 17.5 Å². The first-order valence-electron chi connectivity index (χ1n) is 5.48. The standard InChI is InChI=1S/C12H13N3OS/c1-16-10-3-2-8(6-9(10)13)12(4-5-12)11-7-17-15-14-11/h2-3,6-7H,4-5,13H2,1H3. The first kappa shape index (κ1) is 10.5. The molecule has 88 valence electrons. The Balaban J connectivity index is 2.03. The van der Waals surface area contributed by atoms with Crippen LogP contribution in [-0.4, -0.2) is 16.7 Å². The van der Waals surface area contributed by atoms with Crippen LogP contribution in [0.25, 0.3) is 0 Å². The van der Waals surface area contributed by atoms with Crippen molar-refractivity contribution in [3.05, 3.63) is 34.8 Å². The molecule has 0 aliphatic heterocycles. The van der Waals surface area contributed by atoms with Crippen LogP contribution in [0.1, 0.15) is 24.1 Å². The first-order chi connectivity index (χ1) is 8.26. The summed E-state index contributed by atoms with van der Waals surface area (Å²) in [6, 6.07) is 5.98. The molecule has 0 saturated heterocycles. The van der Waals surface area contributed by atoms with Crippen molar-refractivity contribution >= 4 is 17.2 Å². The van der Waals surface area contributed by atoms with E-state index < -0.39 is 0 Å². The van der Waals surface area contributed by atoms with Crippen LogP contribution in [0.2, 0.25) is 0 Å². The molecule has 2 aromatic rings. The predicted molar refractivity (Wildman–Crippen MR) is 67.3 cm³/mol. The topological polar surface area (TPSA) is 61.0 Å². The third-order valence-electron chi connectivity index (χ3n) is 3.38. The Bertz CT molecular complexity index is 535. The molecule has 2 N–H and O–H groups in total. The summed E-state index contributed by atoms with van der Waals surface area (Å²) >= 11 is 1.40. The molecule has 3 rings (SSSR count). The molecule has 1 aromatic carbocycles. The van der Waals surface area contributed by atoms with E-state index in [2.05, 4.69) is 15.7 Å². The number of nitrogens with zero attached hydrogens (tertiary/aromatic N) is 2. The zero-order chi connectivity index (χ0) is 11.9. The maximum Gasteiger partial charge on any atom is 0.141 e. The fourth-order valence-electron chi connectivity index (χ4n) is 2.22. The van der Waals surface area contributed by atoms with E-state index in [1.165, 1.54) is 17.1 Å². The van der Waals surface area contributed by atoms with Gasteiger partial charge in [-0.25, -0.2) is 0 Å². The lowest BCUT2D eigenvalue weighted by Gasteiger charge is -2.14. The first-order valence-corrected chi connectivity index (χ1v) is 6.31. The molecule has 1 fully saturated rings. The van der Waals surface area contributed by atoms with Gasteiger partial charge in [0.05, 0.1) is 18.5 Å². The molecular formula is C12H13N3OS. The second kappa shape index (κ2) is 3.70. The molecule has 1 aromatic heterocycles. The number of rotatable bonds is 3. The highest BCUT2D eigenvalue weighted by Gasteiger charge is 2.48. The van der Waals surface area contributed by atoms with Crippen LogP contribution in [0.5, 0.6) is 5.75 Å². The van der Waals surface area contributed by atoms with Gasteiger partial charge in [-0.05, 0) is 42.1 Å². The lowest BCUT2D eigenvalue weighted by Crippen LogP contribution is -2.10. The van der Waals surface area contributed by atoms with Crippen molar-refractivity contribution in [2.24, 2.45) is 0 Å². The average Bonchev–Trinajstić information content (AvgIpc) is 2.97. The highest BCUT2D eigenvalue weighted by atomic mass is 32.1. The van der Waals surface area contributed by atoms with Gasteiger partial charge in [0.2, 0.25) is 0 Å². The fourth-order valence-corrected chi connectivity index (χ4v) is 2.78. The van der Waals surface area contributed by atoms with Crippen LogP contribution in [0.15, 0.2) is 23.6 Å². The van der Waals surface area contributed by atoms with Crippen LogP contribution in [0, 0.1) is 0 Å². The SMILES string of the molecule is COc1ccc(C2(c3csnn3)CC2)cc1N. The number of methoxy groups -OCH3 is 1. The van der Waals surface area contributed by atoms with Crippen LogP contribution in [0.3, 0.4) is 0 Å². The van der Waals surface area contributed by atoms with Crippen molar-refractivity contribution in [3.8, 4) is 5.75 Å². The maximum atomic E-state index is 5.95. The molecule has 1 saturated carbocycles. The summed E-state index contributed by atoms with van der Waals surface area (Å²) < 4.78 is 9.12. The summed E-state index contributed by atoms with van der Waals surface area (Å²) in [5.74, 6) is 0.723. The molecular weight excluding hydrogens is 234 g/mol. The lowest BCUT2D eigenvalue weighted by atomic mass is 9.92. The van der Waals surface area contributed by atoms with E-state index in [0.717, 1.165) is 24.3 Å². The van der Waals surface area contributed by atoms with Crippen molar-refractivity contribution in [1.29, 1.82) is 0 Å². The smallest absolute Gasteiger partial charge is 0.141 e. The number of anilines is 1. The summed E-state index contributed by atoms with van der Waals surface area (Å²) in [5.41, 5.74) is 8.95. The number of nitrogens with two attached hydrogens (primary N) is 1. The molecule has 0 spiro atoms. The number of aromatic nitrogens is 2. The van der Waals surface area contributed by atoms with Crippen molar-refractivity contribution in [2.45, 2.75) is 18.3 Å². The molecule has 0 radical (unpaired) electrons. The summed E-state index contributed by atoms with van der Waals surface area (Å²) in [6.45, 7) is 0. The van der Waals surface area contributed by atoms with Gasteiger partial charge in [-0.3, -0.25) is 0 Å². The molecule has 0 amide bonds. The quantitative estimate of drug-likeness (QED) is 0.845. The molecule has 17 heavy (non-hydrogen) atoms. The second-order valence-corrected chi connectivity index (χ2v) is 4.94. The molecule has 5 heteroatoms. The molecule has 1 heterocycles. The number of ether oxygens (including phenoxy) is 1. The van der Waals surface area contributed by atoms with Gasteiger partial charge in [-0.15, -0.1) is 5.10 Å². The highest BCUT2D eigenvalue weighted by Crippen LogP contribution is 2.53. The van der Waals surface area contributed by atoms with Gasteiger partial charge in [0.15, 0.2) is 0 Å². The summed E-state index contributed by atoms with van der Waals surface area (Å²) in [6.07, 6.45) is 2.23. The highest BCUT2D eigenvalue weighted by molar-refractivity contribution is 7.03. The number of nitrogen functional groups attached to an aromatic ring is 1. The van der Waals surface area contributed by atoms with E-state index in [4.69, 9.17) is 10.5 Å². The monoisotopic (exact) mass is 247 g/mol. The van der Waals surface area contributed by atoms with E-state index in [-0.39, 0.29) is 5.41 Å². The van der Waals surface area contributed by atoms with E-state index in [1.54, 1.807) is 7.11 Å². The van der Waals surface area contributed by atoms with Gasteiger partial charge >= 0.3 is 0 Å². The predicted octanol–water partition coefficient (Wildman–Crippen LogP) is 2.21. The minimum atomic E-state index is 0.0490. The van der Waals surface area contributed by atoms with Gasteiger partial charge in [0.25, 0.3) is 0 Å². The van der Waals surface area contributed by atoms with Crippen LogP contribution >= 0.6 is 11.5 Å². The molecule has 0 unspecified atom stereocenters. The van der Waals surface area contributed by atoms with Gasteiger partial charge in [0.1, 0.15) is 5.75 Å². The van der Waals surface area contributed by atoms with E-state index >= 15 is 0 Å². The third-order valence-corrected chi connectivity index (χ3v) is 3.89. The van der Waals surface area contributed by atoms with Gasteiger partial charge in [-0.2, -0.15) is 0 Å². The zero-order valence-corrected chi connectivity index (χ0v) is 10.3. The molecule has 1 aliphatic carbocycles. The van der Waals surface area contributed by atoms with Crippen molar-refractivity contribution < 1.29 is 4.74 Å². The fraction of sp³-hybridized carbons (Fsp3) is 0.333. The van der Waals surface area contributed by atoms with Crippen molar-refractivity contribution in [1.82, 2.24) is 9.59 Å². The Kier molecular flexibility index (Phi) is 2.29. The largest absolute Gasteiger partial charge is 0.495 e. The number of hydrogen-bond donors (Lipinski definition) is 1. The van der Waals surface area contributed by atoms with Gasteiger partial charge in [-0.1, -0.05) is 10.6 Å². The van der Waals surface area contributed by atoms with Crippen LogP contribution in [0.4, 0.5) is 5.69 Å². The minimum absolute atomic E-state index is 0.0490. The number of hydrogen-bond acceptors (Lipinski definition) is 5. The Morgan fingerprint density at radius 1 is 1.41 bits per heavy atom. The summed E-state index contributed by atoms with van der Waals surface area (Å²) in [7, 11) is 1.63. The second-order valence-electron chi connectivity index (χ2n) is 4.33. The van der Waals surface area contributed by atoms with Gasteiger partial charge in [0, 0.05) is 10.8 Å². The lowest BCUT2D eigenvalue weighted by molar-refractivity contribution is 0.416. The van der Waals surface area contributed by atoms with Gasteiger partial charge < -0.3 is 10.5 Å². The molecule has 0 bridgehead atoms. The van der Waals surface area contributed by atoms with Crippen LogP contribution < -0.4 is 10.5 Å². The molecule has 4 nitrogen and oxygen atoms in total. The van der Waals surface area contributed by atoms with Crippen molar-refractivity contribution in [3.63, 3.8) is 0 Å². The Labute approximate surface area is 104 Å². The maximum absolute atomic E-state index is 5.95. The Morgan fingerprint density at radius 2 is 2.24 bits per heavy atom. The zero-order valence-electron chi connectivity index (χ0n) is 9.51. The van der Waals surface area contributed by atoms with Crippen LogP contribution in [-0.2, 0) is 5.41 Å². The normalized spacial score (nSPS) is 16.8.